The Labute approximate surface area is 86.4 Å². The largest absolute Gasteiger partial charge is 0.412 e. The number of nitrogens with zero attached hydrogens (tertiary/aromatic N) is 2. The number of aryl methyl sites for hydroxylation is 1. The molecule has 0 atom stereocenters. The second kappa shape index (κ2) is 4.08. The average molecular weight is 218 g/mol. The molecule has 1 rings (SSSR count). The number of hydrogen-bond acceptors (Lipinski definition) is 1. The normalized spacial score (nSPS) is 14.0. The third-order valence-corrected chi connectivity index (χ3v) is 2.39. The number of rotatable bonds is 2. The highest BCUT2D eigenvalue weighted by molar-refractivity contribution is 5.64. The van der Waals surface area contributed by atoms with Crippen molar-refractivity contribution in [3.8, 4) is 0 Å². The Morgan fingerprint density at radius 2 is 2.00 bits per heavy atom. The summed E-state index contributed by atoms with van der Waals surface area (Å²) in [5.41, 5.74) is 0.173. The third-order valence-electron chi connectivity index (χ3n) is 2.39. The van der Waals surface area contributed by atoms with E-state index < -0.39 is 11.7 Å². The second-order valence-electron chi connectivity index (χ2n) is 3.28. The molecule has 0 aliphatic rings. The lowest BCUT2D eigenvalue weighted by Crippen LogP contribution is -2.12. The number of hydrogen-bond donors (Lipinski definition) is 0. The summed E-state index contributed by atoms with van der Waals surface area (Å²) in [6, 6.07) is 1.59. The maximum Gasteiger partial charge on any atom is 0.412 e. The Morgan fingerprint density at radius 3 is 2.47 bits per heavy atom. The first-order chi connectivity index (χ1) is 6.88. The molecule has 0 N–H and O–H groups in total. The van der Waals surface area contributed by atoms with Crippen LogP contribution in [-0.2, 0) is 6.54 Å². The van der Waals surface area contributed by atoms with E-state index in [9.17, 15) is 13.2 Å². The summed E-state index contributed by atoms with van der Waals surface area (Å²) in [7, 11) is 0. The zero-order valence-electron chi connectivity index (χ0n) is 8.89. The van der Waals surface area contributed by atoms with E-state index in [0.717, 1.165) is 6.92 Å². The van der Waals surface area contributed by atoms with Gasteiger partial charge in [-0.05, 0) is 32.4 Å². The van der Waals surface area contributed by atoms with Crippen LogP contribution in [0.25, 0.3) is 5.57 Å². The molecule has 2 nitrogen and oxygen atoms in total. The quantitative estimate of drug-likeness (QED) is 0.745. The van der Waals surface area contributed by atoms with Crippen LogP contribution in [0, 0.1) is 0 Å². The van der Waals surface area contributed by atoms with E-state index in [1.165, 1.54) is 13.1 Å². The second-order valence-corrected chi connectivity index (χ2v) is 3.28. The lowest BCUT2D eigenvalue weighted by Gasteiger charge is -2.12. The molecule has 0 amide bonds. The van der Waals surface area contributed by atoms with Gasteiger partial charge in [0.1, 0.15) is 0 Å². The minimum Gasteiger partial charge on any atom is -0.266 e. The van der Waals surface area contributed by atoms with E-state index in [4.69, 9.17) is 0 Å². The fourth-order valence-electron chi connectivity index (χ4n) is 1.31. The molecule has 0 unspecified atom stereocenters. The molecular formula is C10H13F3N2. The van der Waals surface area contributed by atoms with E-state index in [0.29, 0.717) is 12.2 Å². The van der Waals surface area contributed by atoms with Gasteiger partial charge in [-0.25, -0.2) is 0 Å². The monoisotopic (exact) mass is 218 g/mol. The highest BCUT2D eigenvalue weighted by atomic mass is 19.4. The Morgan fingerprint density at radius 1 is 1.40 bits per heavy atom. The molecular weight excluding hydrogens is 205 g/mol. The van der Waals surface area contributed by atoms with Crippen molar-refractivity contribution in [3.63, 3.8) is 0 Å². The summed E-state index contributed by atoms with van der Waals surface area (Å²) < 4.78 is 38.9. The molecule has 84 valence electrons. The Balaban J connectivity index is 3.19. The highest BCUT2D eigenvalue weighted by Crippen LogP contribution is 2.31. The third kappa shape index (κ3) is 2.40. The van der Waals surface area contributed by atoms with Crippen LogP contribution in [0.15, 0.2) is 17.8 Å². The van der Waals surface area contributed by atoms with Crippen LogP contribution in [0.1, 0.15) is 26.5 Å². The fraction of sp³-hybridized carbons (Fsp3) is 0.500. The molecule has 1 heterocycles. The van der Waals surface area contributed by atoms with Crippen LogP contribution >= 0.6 is 0 Å². The van der Waals surface area contributed by atoms with Gasteiger partial charge in [-0.3, -0.25) is 4.68 Å². The summed E-state index contributed by atoms with van der Waals surface area (Å²) >= 11 is 0. The van der Waals surface area contributed by atoms with Gasteiger partial charge in [0.2, 0.25) is 0 Å². The first kappa shape index (κ1) is 11.8. The minimum absolute atomic E-state index is 0.224. The molecule has 0 aliphatic carbocycles. The topological polar surface area (TPSA) is 17.8 Å². The van der Waals surface area contributed by atoms with Crippen LogP contribution in [0.4, 0.5) is 13.2 Å². The van der Waals surface area contributed by atoms with Crippen molar-refractivity contribution in [2.24, 2.45) is 0 Å². The molecule has 0 aromatic carbocycles. The summed E-state index contributed by atoms with van der Waals surface area (Å²) in [6.45, 7) is 4.95. The van der Waals surface area contributed by atoms with Crippen molar-refractivity contribution in [3.05, 3.63) is 23.5 Å². The predicted octanol–water partition coefficient (Wildman–Crippen LogP) is 3.26. The lowest BCUT2D eigenvalue weighted by atomic mass is 10.1. The number of alkyl halides is 3. The Kier molecular flexibility index (Phi) is 3.21. The molecule has 0 aliphatic heterocycles. The Bertz CT molecular complexity index is 374. The zero-order chi connectivity index (χ0) is 11.6. The minimum atomic E-state index is -4.27. The van der Waals surface area contributed by atoms with Gasteiger partial charge in [-0.1, -0.05) is 0 Å². The van der Waals surface area contributed by atoms with Crippen LogP contribution in [0.5, 0.6) is 0 Å². The van der Waals surface area contributed by atoms with Crippen molar-refractivity contribution in [1.82, 2.24) is 9.78 Å². The van der Waals surface area contributed by atoms with Crippen molar-refractivity contribution >= 4 is 5.57 Å². The van der Waals surface area contributed by atoms with Crippen molar-refractivity contribution in [1.29, 1.82) is 0 Å². The van der Waals surface area contributed by atoms with Crippen LogP contribution in [0.2, 0.25) is 0 Å². The molecule has 0 bridgehead atoms. The number of halogens is 3. The van der Waals surface area contributed by atoms with Crippen molar-refractivity contribution in [2.75, 3.05) is 0 Å². The van der Waals surface area contributed by atoms with E-state index in [2.05, 4.69) is 5.10 Å². The van der Waals surface area contributed by atoms with Gasteiger partial charge < -0.3 is 0 Å². The lowest BCUT2D eigenvalue weighted by molar-refractivity contribution is -0.0907. The van der Waals surface area contributed by atoms with Gasteiger partial charge in [0.05, 0.1) is 5.69 Å². The SMILES string of the molecule is CCn1nccc1C(C)=C(C)C(F)(F)F. The molecule has 0 saturated carbocycles. The van der Waals surface area contributed by atoms with Crippen LogP contribution in [-0.4, -0.2) is 16.0 Å². The molecule has 5 heteroatoms. The maximum atomic E-state index is 12.4. The van der Waals surface area contributed by atoms with Crippen LogP contribution < -0.4 is 0 Å². The van der Waals surface area contributed by atoms with Crippen molar-refractivity contribution in [2.45, 2.75) is 33.5 Å². The standard InChI is InChI=1S/C10H13F3N2/c1-4-15-9(5-6-14-15)7(2)8(3)10(11,12)13/h5-6H,4H2,1-3H3. The number of allylic oxidation sites excluding steroid dienone is 2. The molecule has 0 fully saturated rings. The first-order valence-electron chi connectivity index (χ1n) is 4.64. The fourth-order valence-corrected chi connectivity index (χ4v) is 1.31. The summed E-state index contributed by atoms with van der Waals surface area (Å²) in [5, 5.41) is 3.94. The summed E-state index contributed by atoms with van der Waals surface area (Å²) in [6.07, 6.45) is -2.76. The van der Waals surface area contributed by atoms with Gasteiger partial charge in [0, 0.05) is 18.3 Å². The summed E-state index contributed by atoms with van der Waals surface area (Å²) in [5.74, 6) is 0. The smallest absolute Gasteiger partial charge is 0.266 e. The summed E-state index contributed by atoms with van der Waals surface area (Å²) in [4.78, 5) is 0. The molecule has 0 radical (unpaired) electrons. The van der Waals surface area contributed by atoms with E-state index in [1.54, 1.807) is 10.7 Å². The molecule has 1 aromatic rings. The van der Waals surface area contributed by atoms with E-state index in [-0.39, 0.29) is 5.57 Å². The molecule has 1 aromatic heterocycles. The number of aromatic nitrogens is 2. The van der Waals surface area contributed by atoms with Gasteiger partial charge in [-0.15, -0.1) is 0 Å². The van der Waals surface area contributed by atoms with Gasteiger partial charge in [0.25, 0.3) is 0 Å². The maximum absolute atomic E-state index is 12.4. The molecule has 0 spiro atoms. The van der Waals surface area contributed by atoms with Crippen molar-refractivity contribution < 1.29 is 13.2 Å². The first-order valence-corrected chi connectivity index (χ1v) is 4.64. The van der Waals surface area contributed by atoms with Gasteiger partial charge in [0.15, 0.2) is 0 Å². The zero-order valence-corrected chi connectivity index (χ0v) is 8.89. The average Bonchev–Trinajstić information content (AvgIpc) is 2.61. The highest BCUT2D eigenvalue weighted by Gasteiger charge is 2.32. The Hall–Kier alpha value is -1.26. The molecule has 15 heavy (non-hydrogen) atoms. The van der Waals surface area contributed by atoms with E-state index in [1.807, 2.05) is 6.92 Å². The predicted molar refractivity (Wildman–Crippen MR) is 52.2 cm³/mol. The van der Waals surface area contributed by atoms with Gasteiger partial charge >= 0.3 is 6.18 Å². The van der Waals surface area contributed by atoms with E-state index >= 15 is 0 Å². The molecule has 0 saturated heterocycles. The van der Waals surface area contributed by atoms with Crippen LogP contribution in [0.3, 0.4) is 0 Å². The van der Waals surface area contributed by atoms with Gasteiger partial charge in [-0.2, -0.15) is 18.3 Å².